The third-order valence-corrected chi connectivity index (χ3v) is 7.89. The van der Waals surface area contributed by atoms with E-state index in [1.165, 1.54) is 49.7 Å². The number of nitrogen functional groups attached to an aromatic ring is 1. The zero-order chi connectivity index (χ0) is 33.3. The van der Waals surface area contributed by atoms with Crippen molar-refractivity contribution in [2.75, 3.05) is 18.8 Å². The maximum Gasteiger partial charge on any atom is 0.248 e. The minimum absolute atomic E-state index is 0.0614. The number of hydrogen-bond acceptors (Lipinski definition) is 8. The fourth-order valence-corrected chi connectivity index (χ4v) is 5.56. The lowest BCUT2D eigenvalue weighted by molar-refractivity contribution is 0.1000. The van der Waals surface area contributed by atoms with E-state index in [9.17, 15) is 9.59 Å². The maximum atomic E-state index is 10.6. The second kappa shape index (κ2) is 15.1. The van der Waals surface area contributed by atoms with Crippen LogP contribution in [0.25, 0.3) is 33.8 Å². The number of nitrogens with zero attached hydrogens (tertiary/aromatic N) is 5. The first-order chi connectivity index (χ1) is 22.8. The minimum Gasteiger partial charge on any atom is -0.507 e. The third-order valence-electron chi connectivity index (χ3n) is 7.89. The number of aldehydes is 1. The quantitative estimate of drug-likeness (QED) is 0.126. The summed E-state index contributed by atoms with van der Waals surface area (Å²) >= 11 is 0. The van der Waals surface area contributed by atoms with Crippen LogP contribution in [0.15, 0.2) is 91.2 Å². The molecule has 0 aliphatic carbocycles. The van der Waals surface area contributed by atoms with Gasteiger partial charge in [0.1, 0.15) is 17.1 Å². The van der Waals surface area contributed by atoms with E-state index in [0.717, 1.165) is 52.5 Å². The van der Waals surface area contributed by atoms with Gasteiger partial charge in [0.05, 0.1) is 16.8 Å². The number of primary amides is 1. The Labute approximate surface area is 274 Å². The number of carbonyl (C=O) groups is 2. The molecule has 1 aliphatic heterocycles. The zero-order valence-corrected chi connectivity index (χ0v) is 26.6. The van der Waals surface area contributed by atoms with Crippen molar-refractivity contribution in [2.24, 2.45) is 5.73 Å². The van der Waals surface area contributed by atoms with E-state index >= 15 is 0 Å². The van der Waals surface area contributed by atoms with Crippen LogP contribution in [0.1, 0.15) is 65.1 Å². The lowest BCUT2D eigenvalue weighted by Gasteiger charge is -2.15. The number of phenols is 1. The van der Waals surface area contributed by atoms with Gasteiger partial charge in [-0.3, -0.25) is 19.1 Å². The first kappa shape index (κ1) is 32.8. The molecular weight excluding hydrogens is 590 g/mol. The Kier molecular flexibility index (Phi) is 10.5. The second-order valence-electron chi connectivity index (χ2n) is 11.2. The first-order valence-corrected chi connectivity index (χ1v) is 15.7. The van der Waals surface area contributed by atoms with Gasteiger partial charge in [-0.15, -0.1) is 0 Å². The van der Waals surface area contributed by atoms with Crippen molar-refractivity contribution in [3.05, 3.63) is 114 Å². The number of rotatable bonds is 9. The minimum atomic E-state index is -0.627. The predicted octanol–water partition coefficient (Wildman–Crippen LogP) is 6.33. The molecule has 2 aromatic carbocycles. The number of imidazole rings is 1. The Morgan fingerprint density at radius 2 is 1.79 bits per heavy atom. The van der Waals surface area contributed by atoms with Gasteiger partial charge in [0.25, 0.3) is 0 Å². The highest BCUT2D eigenvalue weighted by atomic mass is 16.3. The lowest BCUT2D eigenvalue weighted by atomic mass is 10.1. The fraction of sp³-hybridized carbons (Fsp3) is 0.216. The standard InChI is InChI=1S/C29H32N6.C8H7NO3/c1-3-8-22(9-4-2)25-15-16-26-29(32-25)35(28(33-26)24-10-7-17-31-27(24)30)23-13-11-21(12-14-23)20-34-18-5-6-19-34;9-8(12)5-1-2-7(11)6(3-5)4-10/h3,7-17H,4-6,18-20H2,1-2H3,(H2,30,31);1-4,11H,(H2,9,12)/b8-3-,22-9+;. The number of hydrogen-bond donors (Lipinski definition) is 3. The summed E-state index contributed by atoms with van der Waals surface area (Å²) in [6, 6.07) is 20.5. The van der Waals surface area contributed by atoms with Crippen LogP contribution < -0.4 is 11.5 Å². The van der Waals surface area contributed by atoms with Gasteiger partial charge < -0.3 is 16.6 Å². The van der Waals surface area contributed by atoms with Gasteiger partial charge in [0.15, 0.2) is 17.8 Å². The number of anilines is 1. The molecule has 4 heterocycles. The van der Waals surface area contributed by atoms with Gasteiger partial charge in [0, 0.05) is 24.0 Å². The average Bonchev–Trinajstić information content (AvgIpc) is 3.73. The molecule has 6 rings (SSSR count). The van der Waals surface area contributed by atoms with Gasteiger partial charge >= 0.3 is 0 Å². The van der Waals surface area contributed by atoms with E-state index in [-0.39, 0.29) is 16.9 Å². The summed E-state index contributed by atoms with van der Waals surface area (Å²) in [5, 5.41) is 9.03. The van der Waals surface area contributed by atoms with Crippen LogP contribution in [0.3, 0.4) is 0 Å². The van der Waals surface area contributed by atoms with Crippen LogP contribution in [0.5, 0.6) is 5.75 Å². The van der Waals surface area contributed by atoms with E-state index in [0.29, 0.717) is 12.1 Å². The first-order valence-electron chi connectivity index (χ1n) is 15.7. The number of pyridine rings is 2. The molecule has 10 heteroatoms. The summed E-state index contributed by atoms with van der Waals surface area (Å²) in [7, 11) is 0. The summed E-state index contributed by atoms with van der Waals surface area (Å²) < 4.78 is 2.10. The molecule has 1 amide bonds. The van der Waals surface area contributed by atoms with E-state index in [1.807, 2.05) is 37.3 Å². The molecule has 5 aromatic rings. The van der Waals surface area contributed by atoms with Crippen LogP contribution in [0, 0.1) is 0 Å². The molecule has 0 radical (unpaired) electrons. The molecule has 47 heavy (non-hydrogen) atoms. The topological polar surface area (TPSA) is 153 Å². The van der Waals surface area contributed by atoms with E-state index in [2.05, 4.69) is 57.8 Å². The van der Waals surface area contributed by atoms with Gasteiger partial charge in [-0.2, -0.15) is 0 Å². The van der Waals surface area contributed by atoms with Crippen LogP contribution in [-0.4, -0.2) is 54.8 Å². The Morgan fingerprint density at radius 3 is 2.45 bits per heavy atom. The average molecular weight is 630 g/mol. The number of nitrogens with two attached hydrogens (primary N) is 2. The van der Waals surface area contributed by atoms with Gasteiger partial charge in [-0.25, -0.2) is 15.0 Å². The van der Waals surface area contributed by atoms with E-state index in [4.69, 9.17) is 26.5 Å². The van der Waals surface area contributed by atoms with Crippen molar-refractivity contribution in [1.29, 1.82) is 0 Å². The number of likely N-dealkylation sites (tertiary alicyclic amines) is 1. The number of aromatic hydroxyl groups is 1. The molecule has 0 spiro atoms. The monoisotopic (exact) mass is 629 g/mol. The number of carbonyl (C=O) groups excluding carboxylic acids is 2. The third kappa shape index (κ3) is 7.62. The summed E-state index contributed by atoms with van der Waals surface area (Å²) in [5.74, 6) is 0.415. The molecule has 10 nitrogen and oxygen atoms in total. The number of fused-ring (bicyclic) bond motifs is 1. The van der Waals surface area contributed by atoms with Gasteiger partial charge in [0.2, 0.25) is 5.91 Å². The van der Waals surface area contributed by atoms with Crippen molar-refractivity contribution in [1.82, 2.24) is 24.4 Å². The van der Waals surface area contributed by atoms with Gasteiger partial charge in [-0.1, -0.05) is 37.3 Å². The molecule has 0 saturated carbocycles. The van der Waals surface area contributed by atoms with Crippen LogP contribution >= 0.6 is 0 Å². The van der Waals surface area contributed by atoms with E-state index < -0.39 is 5.91 Å². The number of allylic oxidation sites excluding steroid dienone is 4. The Hall–Kier alpha value is -5.61. The molecule has 5 N–H and O–H groups in total. The number of aromatic nitrogens is 4. The van der Waals surface area contributed by atoms with Crippen LogP contribution in [0.2, 0.25) is 0 Å². The predicted molar refractivity (Wildman–Crippen MR) is 186 cm³/mol. The highest BCUT2D eigenvalue weighted by Gasteiger charge is 2.19. The summed E-state index contributed by atoms with van der Waals surface area (Å²) in [4.78, 5) is 37.8. The maximum absolute atomic E-state index is 10.6. The van der Waals surface area contributed by atoms with Gasteiger partial charge in [-0.05, 0) is 105 Å². The molecule has 240 valence electrons. The largest absolute Gasteiger partial charge is 0.507 e. The smallest absolute Gasteiger partial charge is 0.248 e. The molecular formula is C37H39N7O3. The zero-order valence-electron chi connectivity index (χ0n) is 26.6. The Bertz CT molecular complexity index is 1940. The molecule has 1 fully saturated rings. The summed E-state index contributed by atoms with van der Waals surface area (Å²) in [5.41, 5.74) is 18.3. The highest BCUT2D eigenvalue weighted by molar-refractivity contribution is 5.95. The molecule has 3 aromatic heterocycles. The summed E-state index contributed by atoms with van der Waals surface area (Å²) in [6.07, 6.45) is 12.0. The fourth-order valence-electron chi connectivity index (χ4n) is 5.56. The molecule has 1 aliphatic rings. The van der Waals surface area contributed by atoms with Crippen molar-refractivity contribution in [3.8, 4) is 22.8 Å². The summed E-state index contributed by atoms with van der Waals surface area (Å²) in [6.45, 7) is 7.53. The SMILES string of the molecule is C/C=C\C(=C/CC)c1ccc2nc(-c3cccnc3N)n(-c3ccc(CN4CCCC4)cc3)c2n1.NC(=O)c1ccc(O)c(C=O)c1. The lowest BCUT2D eigenvalue weighted by Crippen LogP contribution is -2.18. The Balaban J connectivity index is 0.000000305. The second-order valence-corrected chi connectivity index (χ2v) is 11.2. The van der Waals surface area contributed by atoms with Crippen molar-refractivity contribution in [3.63, 3.8) is 0 Å². The number of benzene rings is 2. The Morgan fingerprint density at radius 1 is 1.02 bits per heavy atom. The normalized spacial score (nSPS) is 13.5. The molecule has 0 atom stereocenters. The van der Waals surface area contributed by atoms with Crippen LogP contribution in [-0.2, 0) is 6.54 Å². The van der Waals surface area contributed by atoms with Crippen molar-refractivity contribution < 1.29 is 14.7 Å². The van der Waals surface area contributed by atoms with Crippen molar-refractivity contribution in [2.45, 2.75) is 39.7 Å². The molecule has 1 saturated heterocycles. The van der Waals surface area contributed by atoms with E-state index in [1.54, 1.807) is 6.20 Å². The molecule has 0 unspecified atom stereocenters. The van der Waals surface area contributed by atoms with Crippen molar-refractivity contribution >= 4 is 34.7 Å². The number of phenolic OH excluding ortho intramolecular Hbond substituents is 1. The molecule has 0 bridgehead atoms. The number of amides is 1. The van der Waals surface area contributed by atoms with Crippen LogP contribution in [0.4, 0.5) is 5.82 Å². The highest BCUT2D eigenvalue weighted by Crippen LogP contribution is 2.31.